The molecule has 27 heavy (non-hydrogen) atoms. The maximum absolute atomic E-state index is 12.7. The van der Waals surface area contributed by atoms with E-state index in [1.807, 2.05) is 39.0 Å². The van der Waals surface area contributed by atoms with Gasteiger partial charge in [0.1, 0.15) is 0 Å². The predicted molar refractivity (Wildman–Crippen MR) is 107 cm³/mol. The van der Waals surface area contributed by atoms with Gasteiger partial charge >= 0.3 is 0 Å². The Labute approximate surface area is 162 Å². The van der Waals surface area contributed by atoms with Gasteiger partial charge in [0.25, 0.3) is 10.2 Å². The van der Waals surface area contributed by atoms with E-state index in [0.29, 0.717) is 39.3 Å². The highest BCUT2D eigenvalue weighted by molar-refractivity contribution is 7.86. The molecule has 1 aromatic carbocycles. The highest BCUT2D eigenvalue weighted by atomic mass is 32.2. The topological polar surface area (TPSA) is 73.0 Å². The van der Waals surface area contributed by atoms with Gasteiger partial charge in [0.05, 0.1) is 6.04 Å². The molecule has 150 valence electrons. The number of aryl methyl sites for hydroxylation is 2. The van der Waals surface area contributed by atoms with Gasteiger partial charge in [-0.1, -0.05) is 12.1 Å². The lowest BCUT2D eigenvalue weighted by Gasteiger charge is -2.38. The first-order valence-electron chi connectivity index (χ1n) is 9.66. The van der Waals surface area contributed by atoms with Crippen molar-refractivity contribution in [2.45, 2.75) is 39.7 Å². The summed E-state index contributed by atoms with van der Waals surface area (Å²) in [6.45, 7) is 9.09. The fourth-order valence-electron chi connectivity index (χ4n) is 3.68. The second kappa shape index (κ2) is 8.26. The van der Waals surface area contributed by atoms with Crippen LogP contribution in [0.1, 0.15) is 30.9 Å². The normalized spacial score (nSPS) is 21.3. The van der Waals surface area contributed by atoms with Gasteiger partial charge in [-0.25, -0.2) is 0 Å². The quantitative estimate of drug-likeness (QED) is 0.823. The number of nitrogens with zero attached hydrogens (tertiary/aromatic N) is 3. The zero-order valence-corrected chi connectivity index (χ0v) is 17.3. The molecule has 8 heteroatoms. The van der Waals surface area contributed by atoms with Gasteiger partial charge in [0, 0.05) is 45.0 Å². The monoisotopic (exact) mass is 394 g/mol. The maximum Gasteiger partial charge on any atom is 0.282 e. The zero-order valence-electron chi connectivity index (χ0n) is 16.4. The van der Waals surface area contributed by atoms with Gasteiger partial charge in [0.15, 0.2) is 0 Å². The van der Waals surface area contributed by atoms with E-state index in [1.54, 1.807) is 8.61 Å². The van der Waals surface area contributed by atoms with E-state index in [-0.39, 0.29) is 11.9 Å². The van der Waals surface area contributed by atoms with E-state index in [2.05, 4.69) is 10.2 Å². The number of anilines is 1. The van der Waals surface area contributed by atoms with Crippen LogP contribution < -0.4 is 5.32 Å². The van der Waals surface area contributed by atoms with Gasteiger partial charge in [-0.15, -0.1) is 0 Å². The summed E-state index contributed by atoms with van der Waals surface area (Å²) in [6.07, 6.45) is 1.88. The molecule has 2 heterocycles. The molecule has 0 aromatic heterocycles. The molecular formula is C19H30N4O3S. The van der Waals surface area contributed by atoms with Crippen molar-refractivity contribution < 1.29 is 13.2 Å². The first-order chi connectivity index (χ1) is 12.8. The van der Waals surface area contributed by atoms with Crippen molar-refractivity contribution in [3.63, 3.8) is 0 Å². The second-order valence-electron chi connectivity index (χ2n) is 7.53. The van der Waals surface area contributed by atoms with E-state index >= 15 is 0 Å². The van der Waals surface area contributed by atoms with Gasteiger partial charge < -0.3 is 5.32 Å². The Balaban J connectivity index is 1.57. The molecule has 2 fully saturated rings. The van der Waals surface area contributed by atoms with Gasteiger partial charge in [-0.05, 0) is 50.8 Å². The van der Waals surface area contributed by atoms with Crippen LogP contribution in [0.25, 0.3) is 0 Å². The molecule has 2 saturated heterocycles. The van der Waals surface area contributed by atoms with Gasteiger partial charge in [0.2, 0.25) is 5.91 Å². The minimum Gasteiger partial charge on any atom is -0.324 e. The molecule has 0 saturated carbocycles. The highest BCUT2D eigenvalue weighted by Gasteiger charge is 2.35. The molecule has 1 N–H and O–H groups in total. The summed E-state index contributed by atoms with van der Waals surface area (Å²) in [5.41, 5.74) is 2.97. The van der Waals surface area contributed by atoms with Crippen molar-refractivity contribution in [2.75, 3.05) is 44.6 Å². The molecule has 3 rings (SSSR count). The lowest BCUT2D eigenvalue weighted by atomic mass is 10.1. The van der Waals surface area contributed by atoms with Crippen molar-refractivity contribution in [1.82, 2.24) is 13.5 Å². The summed E-state index contributed by atoms with van der Waals surface area (Å²) in [7, 11) is -3.35. The lowest BCUT2D eigenvalue weighted by molar-refractivity contribution is -0.121. The van der Waals surface area contributed by atoms with Crippen LogP contribution in [0.15, 0.2) is 18.2 Å². The van der Waals surface area contributed by atoms with E-state index in [4.69, 9.17) is 0 Å². The summed E-state index contributed by atoms with van der Waals surface area (Å²) in [6, 6.07) is 5.69. The third kappa shape index (κ3) is 4.51. The molecule has 7 nitrogen and oxygen atoms in total. The van der Waals surface area contributed by atoms with Crippen molar-refractivity contribution in [3.05, 3.63) is 29.3 Å². The van der Waals surface area contributed by atoms with Crippen LogP contribution in [0.2, 0.25) is 0 Å². The molecule has 1 unspecified atom stereocenters. The molecule has 1 amide bonds. The Morgan fingerprint density at radius 1 is 1.00 bits per heavy atom. The van der Waals surface area contributed by atoms with Crippen molar-refractivity contribution >= 4 is 21.8 Å². The Hall–Kier alpha value is -1.48. The van der Waals surface area contributed by atoms with Crippen LogP contribution in [0, 0.1) is 13.8 Å². The van der Waals surface area contributed by atoms with Gasteiger partial charge in [-0.2, -0.15) is 17.0 Å². The molecule has 2 aliphatic rings. The maximum atomic E-state index is 12.7. The molecule has 1 atom stereocenters. The van der Waals surface area contributed by atoms with Crippen LogP contribution in [0.4, 0.5) is 5.69 Å². The second-order valence-corrected chi connectivity index (χ2v) is 9.46. The van der Waals surface area contributed by atoms with Crippen molar-refractivity contribution in [3.8, 4) is 0 Å². The molecule has 0 spiro atoms. The van der Waals surface area contributed by atoms with E-state index < -0.39 is 10.2 Å². The van der Waals surface area contributed by atoms with Crippen LogP contribution in [-0.4, -0.2) is 73.1 Å². The van der Waals surface area contributed by atoms with Crippen LogP contribution in [0.3, 0.4) is 0 Å². The minimum atomic E-state index is -3.35. The van der Waals surface area contributed by atoms with E-state index in [9.17, 15) is 13.2 Å². The molecule has 0 radical (unpaired) electrons. The highest BCUT2D eigenvalue weighted by Crippen LogP contribution is 2.20. The minimum absolute atomic E-state index is 0.0560. The molecule has 1 aromatic rings. The van der Waals surface area contributed by atoms with E-state index in [1.165, 1.54) is 0 Å². The summed E-state index contributed by atoms with van der Waals surface area (Å²) in [5.74, 6) is -0.0560. The number of hydrogen-bond acceptors (Lipinski definition) is 4. The molecule has 2 aliphatic heterocycles. The summed E-state index contributed by atoms with van der Waals surface area (Å²) in [4.78, 5) is 14.7. The molecule has 0 bridgehead atoms. The van der Waals surface area contributed by atoms with E-state index in [0.717, 1.165) is 29.7 Å². The fraction of sp³-hybridized carbons (Fsp3) is 0.632. The summed E-state index contributed by atoms with van der Waals surface area (Å²) >= 11 is 0. The third-order valence-corrected chi connectivity index (χ3v) is 7.60. The number of benzene rings is 1. The number of carbonyl (C=O) groups excluding carboxylic acids is 1. The van der Waals surface area contributed by atoms with Gasteiger partial charge in [-0.3, -0.25) is 9.69 Å². The number of amides is 1. The Morgan fingerprint density at radius 3 is 2.22 bits per heavy atom. The van der Waals surface area contributed by atoms with Crippen LogP contribution in [0.5, 0.6) is 0 Å². The summed E-state index contributed by atoms with van der Waals surface area (Å²) < 4.78 is 28.5. The number of carbonyl (C=O) groups is 1. The number of rotatable bonds is 5. The fourth-order valence-corrected chi connectivity index (χ4v) is 5.35. The average Bonchev–Trinajstić information content (AvgIpc) is 3.20. The number of piperazine rings is 1. The first kappa shape index (κ1) is 20.3. The average molecular weight is 395 g/mol. The Kier molecular flexibility index (Phi) is 6.20. The van der Waals surface area contributed by atoms with Crippen LogP contribution in [-0.2, 0) is 15.0 Å². The third-order valence-electron chi connectivity index (χ3n) is 5.57. The summed E-state index contributed by atoms with van der Waals surface area (Å²) in [5, 5.41) is 3.01. The van der Waals surface area contributed by atoms with Crippen molar-refractivity contribution in [2.24, 2.45) is 0 Å². The molecule has 0 aliphatic carbocycles. The Bertz CT molecular complexity index is 782. The standard InChI is InChI=1S/C19H30N4O3S/c1-15-6-7-16(2)18(14-15)20-19(24)17(3)21-10-12-23(13-11-21)27(25,26)22-8-4-5-9-22/h6-7,14,17H,4-5,8-13H2,1-3H3,(H,20,24). The SMILES string of the molecule is Cc1ccc(C)c(NC(=O)C(C)N2CCN(S(=O)(=O)N3CCCC3)CC2)c1. The smallest absolute Gasteiger partial charge is 0.282 e. The Morgan fingerprint density at radius 2 is 1.59 bits per heavy atom. The molecular weight excluding hydrogens is 364 g/mol. The van der Waals surface area contributed by atoms with Crippen LogP contribution >= 0.6 is 0 Å². The zero-order chi connectivity index (χ0) is 19.6. The lowest BCUT2D eigenvalue weighted by Crippen LogP contribution is -2.56. The first-order valence-corrected chi connectivity index (χ1v) is 11.1. The largest absolute Gasteiger partial charge is 0.324 e. The predicted octanol–water partition coefficient (Wildman–Crippen LogP) is 1.59. The van der Waals surface area contributed by atoms with Crippen molar-refractivity contribution in [1.29, 1.82) is 0 Å². The number of nitrogens with one attached hydrogen (secondary N) is 1. The number of hydrogen-bond donors (Lipinski definition) is 1.